The molecule has 0 aliphatic rings. The van der Waals surface area contributed by atoms with Crippen LogP contribution in [0.25, 0.3) is 10.2 Å². The lowest BCUT2D eigenvalue weighted by atomic mass is 10.3. The van der Waals surface area contributed by atoms with Gasteiger partial charge in [-0.15, -0.1) is 11.3 Å². The van der Waals surface area contributed by atoms with E-state index in [2.05, 4.69) is 4.98 Å². The SMILES string of the molecule is Fc1ccc(Sc2nc3cc(Cl)ccc3s2)cc1. The third-order valence-corrected chi connectivity index (χ3v) is 4.69. The molecular formula is C13H7ClFNS2. The Morgan fingerprint density at radius 2 is 1.89 bits per heavy atom. The van der Waals surface area contributed by atoms with Crippen LogP contribution < -0.4 is 0 Å². The van der Waals surface area contributed by atoms with Crippen LogP contribution >= 0.6 is 34.7 Å². The lowest BCUT2D eigenvalue weighted by molar-refractivity contribution is 0.626. The van der Waals surface area contributed by atoms with Gasteiger partial charge in [-0.05, 0) is 42.5 Å². The summed E-state index contributed by atoms with van der Waals surface area (Å²) in [5.74, 6) is -0.226. The first-order valence-corrected chi connectivity index (χ1v) is 7.21. The lowest BCUT2D eigenvalue weighted by Gasteiger charge is -1.95. The maximum absolute atomic E-state index is 12.8. The molecule has 0 saturated carbocycles. The molecule has 0 fully saturated rings. The maximum atomic E-state index is 12.8. The van der Waals surface area contributed by atoms with E-state index < -0.39 is 0 Å². The first-order chi connectivity index (χ1) is 8.70. The molecule has 1 aromatic heterocycles. The molecule has 18 heavy (non-hydrogen) atoms. The Bertz CT molecular complexity index is 694. The number of thiazole rings is 1. The molecule has 3 rings (SSSR count). The van der Waals surface area contributed by atoms with E-state index in [1.807, 2.05) is 18.2 Å². The van der Waals surface area contributed by atoms with Gasteiger partial charge in [0.25, 0.3) is 0 Å². The van der Waals surface area contributed by atoms with Gasteiger partial charge in [-0.1, -0.05) is 23.4 Å². The molecule has 2 aromatic carbocycles. The summed E-state index contributed by atoms with van der Waals surface area (Å²) < 4.78 is 14.8. The number of benzene rings is 2. The zero-order valence-electron chi connectivity index (χ0n) is 9.06. The van der Waals surface area contributed by atoms with Gasteiger partial charge in [0.1, 0.15) is 5.82 Å². The van der Waals surface area contributed by atoms with Crippen molar-refractivity contribution < 1.29 is 4.39 Å². The van der Waals surface area contributed by atoms with Crippen molar-refractivity contribution in [1.29, 1.82) is 0 Å². The van der Waals surface area contributed by atoms with E-state index in [-0.39, 0.29) is 5.82 Å². The Balaban J connectivity index is 1.92. The molecule has 0 saturated heterocycles. The van der Waals surface area contributed by atoms with Crippen LogP contribution in [0.2, 0.25) is 5.02 Å². The topological polar surface area (TPSA) is 12.9 Å². The van der Waals surface area contributed by atoms with E-state index in [0.29, 0.717) is 5.02 Å². The quantitative estimate of drug-likeness (QED) is 0.641. The second-order valence-electron chi connectivity index (χ2n) is 3.65. The lowest BCUT2D eigenvalue weighted by Crippen LogP contribution is -1.74. The minimum absolute atomic E-state index is 0.226. The highest BCUT2D eigenvalue weighted by molar-refractivity contribution is 8.01. The summed E-state index contributed by atoms with van der Waals surface area (Å²) in [6, 6.07) is 12.1. The van der Waals surface area contributed by atoms with Gasteiger partial charge in [0, 0.05) is 9.92 Å². The van der Waals surface area contributed by atoms with Gasteiger partial charge in [0.2, 0.25) is 0 Å². The van der Waals surface area contributed by atoms with Gasteiger partial charge in [0.05, 0.1) is 10.2 Å². The molecule has 0 aliphatic carbocycles. The predicted octanol–water partition coefficient (Wildman–Crippen LogP) is 5.24. The molecule has 1 heterocycles. The number of hydrogen-bond donors (Lipinski definition) is 0. The summed E-state index contributed by atoms with van der Waals surface area (Å²) in [5, 5.41) is 0.686. The van der Waals surface area contributed by atoms with Crippen molar-refractivity contribution in [3.8, 4) is 0 Å². The second-order valence-corrected chi connectivity index (χ2v) is 6.44. The van der Waals surface area contributed by atoms with Crippen LogP contribution in [0.3, 0.4) is 0 Å². The Hall–Kier alpha value is -1.10. The van der Waals surface area contributed by atoms with Gasteiger partial charge < -0.3 is 0 Å². The largest absolute Gasteiger partial charge is 0.229 e. The Kier molecular flexibility index (Phi) is 3.24. The molecule has 0 amide bonds. The van der Waals surface area contributed by atoms with Crippen molar-refractivity contribution in [3.63, 3.8) is 0 Å². The van der Waals surface area contributed by atoms with Crippen LogP contribution in [-0.2, 0) is 0 Å². The molecule has 5 heteroatoms. The third-order valence-electron chi connectivity index (χ3n) is 2.35. The monoisotopic (exact) mass is 295 g/mol. The van der Waals surface area contributed by atoms with Crippen molar-refractivity contribution in [1.82, 2.24) is 4.98 Å². The van der Waals surface area contributed by atoms with Crippen molar-refractivity contribution in [2.45, 2.75) is 9.24 Å². The molecule has 0 radical (unpaired) electrons. The number of nitrogens with zero attached hydrogens (tertiary/aromatic N) is 1. The normalized spacial score (nSPS) is 11.0. The first-order valence-electron chi connectivity index (χ1n) is 5.20. The average Bonchev–Trinajstić information content (AvgIpc) is 2.73. The first kappa shape index (κ1) is 12.0. The molecule has 90 valence electrons. The molecule has 0 aliphatic heterocycles. The van der Waals surface area contributed by atoms with Crippen LogP contribution in [0, 0.1) is 5.82 Å². The maximum Gasteiger partial charge on any atom is 0.155 e. The van der Waals surface area contributed by atoms with Crippen molar-refractivity contribution in [2.75, 3.05) is 0 Å². The van der Waals surface area contributed by atoms with Gasteiger partial charge >= 0.3 is 0 Å². The number of rotatable bonds is 2. The Labute approximate surface area is 117 Å². The summed E-state index contributed by atoms with van der Waals surface area (Å²) in [6.45, 7) is 0. The fraction of sp³-hybridized carbons (Fsp3) is 0. The van der Waals surface area contributed by atoms with Gasteiger partial charge in [-0.3, -0.25) is 0 Å². The predicted molar refractivity (Wildman–Crippen MR) is 75.2 cm³/mol. The van der Waals surface area contributed by atoms with E-state index in [1.54, 1.807) is 23.5 Å². The van der Waals surface area contributed by atoms with Gasteiger partial charge in [0.15, 0.2) is 4.34 Å². The summed E-state index contributed by atoms with van der Waals surface area (Å²) in [4.78, 5) is 5.47. The summed E-state index contributed by atoms with van der Waals surface area (Å²) in [5.41, 5.74) is 0.900. The molecule has 1 nitrogen and oxygen atoms in total. The van der Waals surface area contributed by atoms with E-state index in [9.17, 15) is 4.39 Å². The van der Waals surface area contributed by atoms with Crippen LogP contribution in [0.15, 0.2) is 51.7 Å². The smallest absolute Gasteiger partial charge is 0.155 e. The Morgan fingerprint density at radius 3 is 2.67 bits per heavy atom. The van der Waals surface area contributed by atoms with Crippen molar-refractivity contribution in [2.24, 2.45) is 0 Å². The summed E-state index contributed by atoms with van der Waals surface area (Å²) in [7, 11) is 0. The summed E-state index contributed by atoms with van der Waals surface area (Å²) in [6.07, 6.45) is 0. The van der Waals surface area contributed by atoms with Crippen LogP contribution in [-0.4, -0.2) is 4.98 Å². The van der Waals surface area contributed by atoms with E-state index >= 15 is 0 Å². The van der Waals surface area contributed by atoms with Gasteiger partial charge in [-0.2, -0.15) is 0 Å². The molecule has 3 aromatic rings. The fourth-order valence-corrected chi connectivity index (χ4v) is 3.71. The highest BCUT2D eigenvalue weighted by atomic mass is 35.5. The number of hydrogen-bond acceptors (Lipinski definition) is 3. The third kappa shape index (κ3) is 2.51. The number of fused-ring (bicyclic) bond motifs is 1. The van der Waals surface area contributed by atoms with Crippen molar-refractivity contribution >= 4 is 44.9 Å². The van der Waals surface area contributed by atoms with E-state index in [4.69, 9.17) is 11.6 Å². The highest BCUT2D eigenvalue weighted by Gasteiger charge is 2.06. The standard InChI is InChI=1S/C13H7ClFNS2/c14-8-1-6-12-11(7-8)16-13(18-12)17-10-4-2-9(15)3-5-10/h1-7H. The summed E-state index contributed by atoms with van der Waals surface area (Å²) >= 11 is 9.05. The molecule has 0 bridgehead atoms. The number of aromatic nitrogens is 1. The van der Waals surface area contributed by atoms with Crippen LogP contribution in [0.1, 0.15) is 0 Å². The second kappa shape index (κ2) is 4.88. The minimum Gasteiger partial charge on any atom is -0.229 e. The van der Waals surface area contributed by atoms with Crippen LogP contribution in [0.5, 0.6) is 0 Å². The molecule has 0 atom stereocenters. The van der Waals surface area contributed by atoms with Crippen LogP contribution in [0.4, 0.5) is 4.39 Å². The highest BCUT2D eigenvalue weighted by Crippen LogP contribution is 2.35. The fourth-order valence-electron chi connectivity index (χ4n) is 1.53. The van der Waals surface area contributed by atoms with E-state index in [0.717, 1.165) is 19.5 Å². The molecular weight excluding hydrogens is 289 g/mol. The minimum atomic E-state index is -0.226. The van der Waals surface area contributed by atoms with E-state index in [1.165, 1.54) is 23.9 Å². The average molecular weight is 296 g/mol. The zero-order chi connectivity index (χ0) is 12.5. The van der Waals surface area contributed by atoms with Crippen molar-refractivity contribution in [3.05, 3.63) is 53.3 Å². The molecule has 0 N–H and O–H groups in total. The Morgan fingerprint density at radius 1 is 1.11 bits per heavy atom. The molecule has 0 spiro atoms. The number of halogens is 2. The van der Waals surface area contributed by atoms with Gasteiger partial charge in [-0.25, -0.2) is 9.37 Å². The molecule has 0 unspecified atom stereocenters. The zero-order valence-corrected chi connectivity index (χ0v) is 11.5.